The standard InChI is InChI=1S/C24H33FN4O5S/c1-17(2)26-24(31)18(3)28(15-19-8-7-9-22(14-19)34-6)23(30)16-29(35(32,33)27(4)5)21-12-10-20(25)11-13-21/h7-14,17-18H,15-16H2,1-6H3,(H,26,31)/t18-/m0/s1. The lowest BCUT2D eigenvalue weighted by Crippen LogP contribution is -2.53. The summed E-state index contributed by atoms with van der Waals surface area (Å²) in [5, 5.41) is 2.79. The fourth-order valence-electron chi connectivity index (χ4n) is 3.28. The van der Waals surface area contributed by atoms with Crippen LogP contribution in [0.3, 0.4) is 0 Å². The third kappa shape index (κ3) is 7.40. The number of rotatable bonds is 11. The highest BCUT2D eigenvalue weighted by molar-refractivity contribution is 7.90. The van der Waals surface area contributed by atoms with E-state index in [4.69, 9.17) is 4.74 Å². The molecule has 0 saturated heterocycles. The van der Waals surface area contributed by atoms with Crippen LogP contribution in [0.1, 0.15) is 26.3 Å². The second kappa shape index (κ2) is 12.0. The van der Waals surface area contributed by atoms with Crippen LogP contribution in [-0.2, 0) is 26.3 Å². The highest BCUT2D eigenvalue weighted by Gasteiger charge is 2.32. The molecule has 0 unspecified atom stereocenters. The summed E-state index contributed by atoms with van der Waals surface area (Å²) in [7, 11) is 0.0882. The topological polar surface area (TPSA) is 99.3 Å². The summed E-state index contributed by atoms with van der Waals surface area (Å²) in [6.07, 6.45) is 0. The maximum Gasteiger partial charge on any atom is 0.304 e. The molecule has 1 N–H and O–H groups in total. The first-order valence-corrected chi connectivity index (χ1v) is 12.4. The number of ether oxygens (including phenoxy) is 1. The molecule has 0 aliphatic carbocycles. The largest absolute Gasteiger partial charge is 0.497 e. The van der Waals surface area contributed by atoms with Crippen LogP contribution in [-0.4, -0.2) is 69.3 Å². The summed E-state index contributed by atoms with van der Waals surface area (Å²) in [6, 6.07) is 10.8. The Morgan fingerprint density at radius 2 is 1.69 bits per heavy atom. The molecular formula is C24H33FN4O5S. The minimum Gasteiger partial charge on any atom is -0.497 e. The van der Waals surface area contributed by atoms with E-state index in [-0.39, 0.29) is 24.2 Å². The van der Waals surface area contributed by atoms with Gasteiger partial charge >= 0.3 is 10.2 Å². The van der Waals surface area contributed by atoms with Gasteiger partial charge in [0.15, 0.2) is 0 Å². The van der Waals surface area contributed by atoms with Gasteiger partial charge < -0.3 is 15.0 Å². The molecule has 0 heterocycles. The maximum absolute atomic E-state index is 13.6. The Morgan fingerprint density at radius 3 is 2.23 bits per heavy atom. The van der Waals surface area contributed by atoms with Crippen LogP contribution >= 0.6 is 0 Å². The number of amides is 2. The molecule has 1 atom stereocenters. The molecule has 2 rings (SSSR count). The van der Waals surface area contributed by atoms with E-state index in [2.05, 4.69) is 5.32 Å². The van der Waals surface area contributed by atoms with Crippen molar-refractivity contribution in [2.24, 2.45) is 0 Å². The average Bonchev–Trinajstić information content (AvgIpc) is 2.80. The molecule has 9 nitrogen and oxygen atoms in total. The smallest absolute Gasteiger partial charge is 0.304 e. The van der Waals surface area contributed by atoms with Crippen molar-refractivity contribution in [3.05, 3.63) is 59.9 Å². The van der Waals surface area contributed by atoms with Crippen molar-refractivity contribution in [1.29, 1.82) is 0 Å². The van der Waals surface area contributed by atoms with Crippen molar-refractivity contribution in [2.45, 2.75) is 39.4 Å². The molecule has 0 radical (unpaired) electrons. The molecule has 0 aromatic heterocycles. The normalized spacial score (nSPS) is 12.4. The molecule has 2 amide bonds. The van der Waals surface area contributed by atoms with Crippen LogP contribution in [0, 0.1) is 5.82 Å². The monoisotopic (exact) mass is 508 g/mol. The number of hydrogen-bond acceptors (Lipinski definition) is 5. The minimum atomic E-state index is -4.11. The van der Waals surface area contributed by atoms with Gasteiger partial charge in [0.25, 0.3) is 0 Å². The molecule has 0 fully saturated rings. The van der Waals surface area contributed by atoms with Gasteiger partial charge in [-0.25, -0.2) is 8.70 Å². The summed E-state index contributed by atoms with van der Waals surface area (Å²) in [5.41, 5.74) is 0.819. The molecule has 0 spiro atoms. The lowest BCUT2D eigenvalue weighted by Gasteiger charge is -2.33. The lowest BCUT2D eigenvalue weighted by molar-refractivity contribution is -0.139. The zero-order valence-electron chi connectivity index (χ0n) is 20.9. The van der Waals surface area contributed by atoms with Gasteiger partial charge in [-0.05, 0) is 62.7 Å². The average molecular weight is 509 g/mol. The molecule has 0 bridgehead atoms. The Morgan fingerprint density at radius 1 is 1.06 bits per heavy atom. The van der Waals surface area contributed by atoms with Gasteiger partial charge in [-0.15, -0.1) is 0 Å². The van der Waals surface area contributed by atoms with Crippen molar-refractivity contribution < 1.29 is 27.1 Å². The van der Waals surface area contributed by atoms with Crippen LogP contribution in [0.2, 0.25) is 0 Å². The Labute approximate surface area is 206 Å². The van der Waals surface area contributed by atoms with E-state index in [0.29, 0.717) is 11.3 Å². The lowest BCUT2D eigenvalue weighted by atomic mass is 10.1. The summed E-state index contributed by atoms with van der Waals surface area (Å²) < 4.78 is 46.7. The number of nitrogens with one attached hydrogen (secondary N) is 1. The number of benzene rings is 2. The fourth-order valence-corrected chi connectivity index (χ4v) is 4.34. The van der Waals surface area contributed by atoms with E-state index in [1.165, 1.54) is 38.2 Å². The van der Waals surface area contributed by atoms with Crippen LogP contribution in [0.5, 0.6) is 5.75 Å². The van der Waals surface area contributed by atoms with E-state index in [9.17, 15) is 22.4 Å². The van der Waals surface area contributed by atoms with E-state index >= 15 is 0 Å². The Bertz CT molecular complexity index is 1120. The highest BCUT2D eigenvalue weighted by atomic mass is 32.2. The van der Waals surface area contributed by atoms with Crippen molar-refractivity contribution in [3.63, 3.8) is 0 Å². The van der Waals surface area contributed by atoms with E-state index in [0.717, 1.165) is 20.7 Å². The molecule has 0 aliphatic heterocycles. The van der Waals surface area contributed by atoms with Crippen molar-refractivity contribution in [2.75, 3.05) is 32.1 Å². The third-order valence-electron chi connectivity index (χ3n) is 5.22. The molecule has 35 heavy (non-hydrogen) atoms. The Kier molecular flexibility index (Phi) is 9.61. The van der Waals surface area contributed by atoms with Crippen LogP contribution in [0.25, 0.3) is 0 Å². The first kappa shape index (κ1) is 28.1. The minimum absolute atomic E-state index is 0.0436. The van der Waals surface area contributed by atoms with E-state index < -0.39 is 34.5 Å². The first-order valence-electron chi connectivity index (χ1n) is 11.0. The summed E-state index contributed by atoms with van der Waals surface area (Å²) in [6.45, 7) is 4.65. The first-order chi connectivity index (χ1) is 16.4. The summed E-state index contributed by atoms with van der Waals surface area (Å²) in [5.74, 6) is -0.938. The molecule has 0 aliphatic rings. The molecule has 2 aromatic rings. The number of anilines is 1. The van der Waals surface area contributed by atoms with E-state index in [1.807, 2.05) is 0 Å². The number of methoxy groups -OCH3 is 1. The van der Waals surface area contributed by atoms with Gasteiger partial charge in [-0.2, -0.15) is 12.7 Å². The van der Waals surface area contributed by atoms with Crippen LogP contribution in [0.4, 0.5) is 10.1 Å². The number of carbonyl (C=O) groups excluding carboxylic acids is 2. The predicted molar refractivity (Wildman–Crippen MR) is 133 cm³/mol. The third-order valence-corrected chi connectivity index (χ3v) is 7.04. The van der Waals surface area contributed by atoms with Crippen molar-refractivity contribution >= 4 is 27.7 Å². The molecule has 0 saturated carbocycles. The second-order valence-corrected chi connectivity index (χ2v) is 10.6. The molecule has 192 valence electrons. The fraction of sp³-hybridized carbons (Fsp3) is 0.417. The van der Waals surface area contributed by atoms with Crippen LogP contribution in [0.15, 0.2) is 48.5 Å². The van der Waals surface area contributed by atoms with Gasteiger partial charge in [0.1, 0.15) is 24.2 Å². The van der Waals surface area contributed by atoms with Gasteiger partial charge in [-0.3, -0.25) is 9.59 Å². The summed E-state index contributed by atoms with van der Waals surface area (Å²) in [4.78, 5) is 27.7. The molecular weight excluding hydrogens is 475 g/mol. The van der Waals surface area contributed by atoms with Gasteiger partial charge in [0, 0.05) is 26.7 Å². The Balaban J connectivity index is 2.46. The van der Waals surface area contributed by atoms with Crippen molar-refractivity contribution in [1.82, 2.24) is 14.5 Å². The Hall–Kier alpha value is -3.18. The van der Waals surface area contributed by atoms with Crippen LogP contribution < -0.4 is 14.4 Å². The van der Waals surface area contributed by atoms with E-state index in [1.54, 1.807) is 45.0 Å². The van der Waals surface area contributed by atoms with Crippen molar-refractivity contribution in [3.8, 4) is 5.75 Å². The predicted octanol–water partition coefficient (Wildman–Crippen LogP) is 2.39. The number of halogens is 1. The highest BCUT2D eigenvalue weighted by Crippen LogP contribution is 2.22. The van der Waals surface area contributed by atoms with Gasteiger partial charge in [0.05, 0.1) is 12.8 Å². The van der Waals surface area contributed by atoms with Gasteiger partial charge in [0.2, 0.25) is 11.8 Å². The number of carbonyl (C=O) groups is 2. The second-order valence-electron chi connectivity index (χ2n) is 8.49. The number of hydrogen-bond donors (Lipinski definition) is 1. The SMILES string of the molecule is COc1cccc(CN(C(=O)CN(c2ccc(F)cc2)S(=O)(=O)N(C)C)[C@@H](C)C(=O)NC(C)C)c1. The zero-order chi connectivity index (χ0) is 26.3. The quantitative estimate of drug-likeness (QED) is 0.503. The maximum atomic E-state index is 13.6. The zero-order valence-corrected chi connectivity index (χ0v) is 21.7. The number of nitrogens with zero attached hydrogens (tertiary/aromatic N) is 3. The molecule has 11 heteroatoms. The molecule has 2 aromatic carbocycles. The van der Waals surface area contributed by atoms with Gasteiger partial charge in [-0.1, -0.05) is 12.1 Å². The summed E-state index contributed by atoms with van der Waals surface area (Å²) >= 11 is 0.